The Balaban J connectivity index is 2.62. The van der Waals surface area contributed by atoms with Gasteiger partial charge in [0.2, 0.25) is 9.84 Å². The summed E-state index contributed by atoms with van der Waals surface area (Å²) in [7, 11) is -1.90. The van der Waals surface area contributed by atoms with Crippen LogP contribution in [0.25, 0.3) is 5.57 Å². The first-order valence-corrected chi connectivity index (χ1v) is 5.87. The van der Waals surface area contributed by atoms with Crippen molar-refractivity contribution < 1.29 is 18.3 Å². The van der Waals surface area contributed by atoms with Crippen LogP contribution < -0.4 is 0 Å². The minimum atomic E-state index is -3.40. The summed E-state index contributed by atoms with van der Waals surface area (Å²) in [6.45, 7) is 0.247. The lowest BCUT2D eigenvalue weighted by atomic mass is 10.1. The third-order valence-corrected chi connectivity index (χ3v) is 3.76. The maximum atomic E-state index is 11.6. The van der Waals surface area contributed by atoms with Gasteiger partial charge in [-0.15, -0.1) is 0 Å². The Labute approximate surface area is 87.7 Å². The summed E-state index contributed by atoms with van der Waals surface area (Å²) >= 11 is 0. The van der Waals surface area contributed by atoms with Crippen LogP contribution in [0.1, 0.15) is 5.56 Å². The predicted octanol–water partition coefficient (Wildman–Crippen LogP) is 1.17. The lowest BCUT2D eigenvalue weighted by molar-refractivity contribution is 0.239. The van der Waals surface area contributed by atoms with E-state index in [1.807, 2.05) is 0 Å². The molecule has 1 aliphatic heterocycles. The number of methoxy groups -OCH3 is 1. The Kier molecular flexibility index (Phi) is 2.28. The van der Waals surface area contributed by atoms with Gasteiger partial charge in [-0.2, -0.15) is 0 Å². The number of rotatable bonds is 2. The minimum Gasteiger partial charge on any atom is -0.508 e. The molecule has 0 aliphatic carbocycles. The van der Waals surface area contributed by atoms with E-state index < -0.39 is 9.84 Å². The van der Waals surface area contributed by atoms with Gasteiger partial charge in [-0.25, -0.2) is 8.42 Å². The molecule has 1 N–H and O–H groups in total. The van der Waals surface area contributed by atoms with Crippen molar-refractivity contribution >= 4 is 15.4 Å². The van der Waals surface area contributed by atoms with Crippen molar-refractivity contribution in [2.24, 2.45) is 0 Å². The highest BCUT2D eigenvalue weighted by atomic mass is 32.2. The number of ether oxygens (including phenoxy) is 1. The molecule has 0 atom stereocenters. The number of hydrogen-bond acceptors (Lipinski definition) is 4. The third kappa shape index (κ3) is 1.64. The topological polar surface area (TPSA) is 63.6 Å². The lowest BCUT2D eigenvalue weighted by Crippen LogP contribution is -1.93. The first-order valence-electron chi connectivity index (χ1n) is 4.32. The summed E-state index contributed by atoms with van der Waals surface area (Å²) in [5, 5.41) is 10.4. The zero-order valence-corrected chi connectivity index (χ0v) is 8.91. The first kappa shape index (κ1) is 10.2. The average Bonchev–Trinajstić information content (AvgIpc) is 2.39. The van der Waals surface area contributed by atoms with Gasteiger partial charge in [0.25, 0.3) is 0 Å². The predicted molar refractivity (Wildman–Crippen MR) is 55.1 cm³/mol. The standard InChI is InChI=1S/C10H10O4S/c1-14-5-7-6-15(12,13)10-4-8(11)2-3-9(7)10/h2-4,6,11H,5H2,1H3. The van der Waals surface area contributed by atoms with Gasteiger partial charge in [0, 0.05) is 12.5 Å². The molecule has 0 amide bonds. The van der Waals surface area contributed by atoms with Crippen LogP contribution in [0.4, 0.5) is 0 Å². The Morgan fingerprint density at radius 3 is 2.80 bits per heavy atom. The van der Waals surface area contributed by atoms with Gasteiger partial charge < -0.3 is 9.84 Å². The minimum absolute atomic E-state index is 0.0515. The molecule has 1 aromatic rings. The van der Waals surface area contributed by atoms with Crippen LogP contribution in [0.15, 0.2) is 28.5 Å². The van der Waals surface area contributed by atoms with Crippen molar-refractivity contribution in [1.82, 2.24) is 0 Å². The maximum absolute atomic E-state index is 11.6. The van der Waals surface area contributed by atoms with Crippen LogP contribution in [0.2, 0.25) is 0 Å². The SMILES string of the molecule is COCC1=CS(=O)(=O)c2cc(O)ccc21. The molecule has 80 valence electrons. The zero-order chi connectivity index (χ0) is 11.1. The molecule has 4 nitrogen and oxygen atoms in total. The molecule has 15 heavy (non-hydrogen) atoms. The second-order valence-electron chi connectivity index (χ2n) is 3.30. The number of phenolic OH excluding ortho intramolecular Hbond substituents is 1. The molecule has 0 radical (unpaired) electrons. The quantitative estimate of drug-likeness (QED) is 0.822. The Morgan fingerprint density at radius 1 is 1.40 bits per heavy atom. The van der Waals surface area contributed by atoms with Crippen molar-refractivity contribution in [3.8, 4) is 5.75 Å². The van der Waals surface area contributed by atoms with E-state index in [9.17, 15) is 13.5 Å². The maximum Gasteiger partial charge on any atom is 0.200 e. The summed E-state index contributed by atoms with van der Waals surface area (Å²) in [6.07, 6.45) is 0. The third-order valence-electron chi connectivity index (χ3n) is 2.21. The van der Waals surface area contributed by atoms with E-state index in [-0.39, 0.29) is 17.3 Å². The summed E-state index contributed by atoms with van der Waals surface area (Å²) in [4.78, 5) is 0.148. The Hall–Kier alpha value is -1.33. The molecule has 0 fully saturated rings. The molecule has 1 heterocycles. The molecular weight excluding hydrogens is 216 g/mol. The van der Waals surface area contributed by atoms with E-state index in [1.54, 1.807) is 6.07 Å². The fraction of sp³-hybridized carbons (Fsp3) is 0.200. The molecule has 0 spiro atoms. The van der Waals surface area contributed by atoms with Crippen molar-refractivity contribution in [1.29, 1.82) is 0 Å². The number of aromatic hydroxyl groups is 1. The molecule has 0 unspecified atom stereocenters. The molecule has 0 bridgehead atoms. The van der Waals surface area contributed by atoms with Crippen LogP contribution in [-0.4, -0.2) is 27.2 Å². The van der Waals surface area contributed by atoms with Gasteiger partial charge in [-0.3, -0.25) is 0 Å². The molecule has 1 aliphatic rings. The number of fused-ring (bicyclic) bond motifs is 1. The second kappa shape index (κ2) is 3.36. The number of phenols is 1. The number of sulfone groups is 1. The van der Waals surface area contributed by atoms with Crippen LogP contribution >= 0.6 is 0 Å². The summed E-state index contributed by atoms with van der Waals surface area (Å²) < 4.78 is 28.2. The fourth-order valence-electron chi connectivity index (χ4n) is 1.59. The molecular formula is C10H10O4S. The zero-order valence-electron chi connectivity index (χ0n) is 8.10. The van der Waals surface area contributed by atoms with Gasteiger partial charge in [0.1, 0.15) is 5.75 Å². The van der Waals surface area contributed by atoms with E-state index in [0.29, 0.717) is 11.1 Å². The van der Waals surface area contributed by atoms with Crippen LogP contribution in [0, 0.1) is 0 Å². The average molecular weight is 226 g/mol. The Bertz CT molecular complexity index is 528. The van der Waals surface area contributed by atoms with E-state index >= 15 is 0 Å². The molecule has 2 rings (SSSR count). The highest BCUT2D eigenvalue weighted by Gasteiger charge is 2.26. The van der Waals surface area contributed by atoms with E-state index in [2.05, 4.69) is 0 Å². The highest BCUT2D eigenvalue weighted by molar-refractivity contribution is 7.95. The summed E-state index contributed by atoms with van der Waals surface area (Å²) in [6, 6.07) is 4.30. The normalized spacial score (nSPS) is 17.3. The largest absolute Gasteiger partial charge is 0.508 e. The van der Waals surface area contributed by atoms with Gasteiger partial charge >= 0.3 is 0 Å². The van der Waals surface area contributed by atoms with Crippen LogP contribution in [0.3, 0.4) is 0 Å². The highest BCUT2D eigenvalue weighted by Crippen LogP contribution is 2.35. The summed E-state index contributed by atoms with van der Waals surface area (Å²) in [5.74, 6) is -0.0515. The lowest BCUT2D eigenvalue weighted by Gasteiger charge is -2.03. The number of hydrogen-bond donors (Lipinski definition) is 1. The smallest absolute Gasteiger partial charge is 0.200 e. The fourth-order valence-corrected chi connectivity index (χ4v) is 3.08. The Morgan fingerprint density at radius 2 is 2.13 bits per heavy atom. The van der Waals surface area contributed by atoms with Crippen molar-refractivity contribution in [3.63, 3.8) is 0 Å². The first-order chi connectivity index (χ1) is 7.04. The van der Waals surface area contributed by atoms with E-state index in [0.717, 1.165) is 0 Å². The molecule has 0 saturated heterocycles. The number of benzene rings is 1. The van der Waals surface area contributed by atoms with E-state index in [1.165, 1.54) is 24.7 Å². The van der Waals surface area contributed by atoms with Gasteiger partial charge in [0.15, 0.2) is 0 Å². The monoisotopic (exact) mass is 226 g/mol. The molecule has 5 heteroatoms. The van der Waals surface area contributed by atoms with Gasteiger partial charge in [-0.05, 0) is 29.3 Å². The molecule has 0 aromatic heterocycles. The van der Waals surface area contributed by atoms with Crippen molar-refractivity contribution in [2.45, 2.75) is 4.90 Å². The van der Waals surface area contributed by atoms with Crippen molar-refractivity contribution in [2.75, 3.05) is 13.7 Å². The second-order valence-corrected chi connectivity index (χ2v) is 5.07. The van der Waals surface area contributed by atoms with Crippen LogP contribution in [-0.2, 0) is 14.6 Å². The molecule has 0 saturated carbocycles. The van der Waals surface area contributed by atoms with Crippen molar-refractivity contribution in [3.05, 3.63) is 29.2 Å². The summed E-state index contributed by atoms with van der Waals surface area (Å²) in [5.41, 5.74) is 1.22. The van der Waals surface area contributed by atoms with Gasteiger partial charge in [-0.1, -0.05) is 0 Å². The van der Waals surface area contributed by atoms with Crippen LogP contribution in [0.5, 0.6) is 5.75 Å². The van der Waals surface area contributed by atoms with Gasteiger partial charge in [0.05, 0.1) is 11.5 Å². The van der Waals surface area contributed by atoms with E-state index in [4.69, 9.17) is 4.74 Å². The molecule has 1 aromatic carbocycles.